The van der Waals surface area contributed by atoms with Crippen LogP contribution in [0, 0.1) is 5.92 Å². The van der Waals surface area contributed by atoms with Crippen LogP contribution in [0.25, 0.3) is 0 Å². The number of sulfonamides is 1. The monoisotopic (exact) mass is 261 g/mol. The minimum Gasteiger partial charge on any atom is -0.313 e. The predicted molar refractivity (Wildman–Crippen MR) is 68.4 cm³/mol. The number of rotatable bonds is 4. The molecule has 0 aromatic rings. The summed E-state index contributed by atoms with van der Waals surface area (Å²) in [5, 5.41) is 3.14. The van der Waals surface area contributed by atoms with E-state index in [2.05, 4.69) is 17.3 Å². The first-order valence-electron chi connectivity index (χ1n) is 6.33. The van der Waals surface area contributed by atoms with Crippen molar-refractivity contribution in [2.75, 3.05) is 46.0 Å². The van der Waals surface area contributed by atoms with Crippen molar-refractivity contribution < 1.29 is 8.42 Å². The Labute approximate surface area is 104 Å². The lowest BCUT2D eigenvalue weighted by atomic mass is 9.96. The Morgan fingerprint density at radius 3 is 2.29 bits per heavy atom. The second-order valence-corrected chi connectivity index (χ2v) is 7.33. The fraction of sp³-hybridized carbons (Fsp3) is 1.00. The molecule has 2 fully saturated rings. The third-order valence-corrected chi connectivity index (χ3v) is 5.17. The summed E-state index contributed by atoms with van der Waals surface area (Å²) in [6, 6.07) is 0.185. The van der Waals surface area contributed by atoms with Crippen LogP contribution in [-0.4, -0.2) is 69.7 Å². The molecule has 0 aliphatic carbocycles. The molecule has 6 heteroatoms. The Morgan fingerprint density at radius 2 is 1.88 bits per heavy atom. The highest BCUT2D eigenvalue weighted by Crippen LogP contribution is 2.21. The van der Waals surface area contributed by atoms with Gasteiger partial charge >= 0.3 is 0 Å². The maximum atomic E-state index is 11.8. The molecule has 0 spiro atoms. The van der Waals surface area contributed by atoms with Crippen LogP contribution < -0.4 is 5.32 Å². The minimum atomic E-state index is -3.06. The highest BCUT2D eigenvalue weighted by atomic mass is 32.2. The summed E-state index contributed by atoms with van der Waals surface area (Å²) in [5.74, 6) is 0.529. The maximum Gasteiger partial charge on any atom is 0.211 e. The van der Waals surface area contributed by atoms with Gasteiger partial charge in [0.1, 0.15) is 0 Å². The number of hydrogen-bond acceptors (Lipinski definition) is 4. The van der Waals surface area contributed by atoms with Gasteiger partial charge in [0.2, 0.25) is 10.0 Å². The van der Waals surface area contributed by atoms with Crippen LogP contribution in [0.2, 0.25) is 0 Å². The minimum absolute atomic E-state index is 0.185. The van der Waals surface area contributed by atoms with E-state index in [9.17, 15) is 8.42 Å². The Hall–Kier alpha value is -0.170. The number of hydrogen-bond donors (Lipinski definition) is 1. The zero-order valence-corrected chi connectivity index (χ0v) is 11.5. The largest absolute Gasteiger partial charge is 0.313 e. The number of nitrogens with zero attached hydrogens (tertiary/aromatic N) is 2. The van der Waals surface area contributed by atoms with Crippen LogP contribution >= 0.6 is 0 Å². The van der Waals surface area contributed by atoms with Crippen LogP contribution in [0.15, 0.2) is 0 Å². The van der Waals surface area contributed by atoms with Crippen LogP contribution in [0.4, 0.5) is 0 Å². The van der Waals surface area contributed by atoms with Gasteiger partial charge in [-0.1, -0.05) is 0 Å². The third kappa shape index (κ3) is 3.40. The predicted octanol–water partition coefficient (Wildman–Crippen LogP) is -0.438. The lowest BCUT2D eigenvalue weighted by Gasteiger charge is -2.39. The smallest absolute Gasteiger partial charge is 0.211 e. The van der Waals surface area contributed by atoms with Gasteiger partial charge in [-0.15, -0.1) is 0 Å². The van der Waals surface area contributed by atoms with Crippen molar-refractivity contribution in [2.24, 2.45) is 5.92 Å². The zero-order valence-electron chi connectivity index (χ0n) is 10.7. The molecule has 5 nitrogen and oxygen atoms in total. The molecule has 0 bridgehead atoms. The van der Waals surface area contributed by atoms with Crippen molar-refractivity contribution in [1.82, 2.24) is 14.5 Å². The van der Waals surface area contributed by atoms with E-state index in [-0.39, 0.29) is 6.04 Å². The van der Waals surface area contributed by atoms with Gasteiger partial charge in [0.15, 0.2) is 0 Å². The van der Waals surface area contributed by atoms with Gasteiger partial charge in [0.05, 0.1) is 6.26 Å². The summed E-state index contributed by atoms with van der Waals surface area (Å²) in [7, 11) is -0.933. The molecule has 2 aliphatic heterocycles. The molecular formula is C11H23N3O2S. The van der Waals surface area contributed by atoms with Crippen LogP contribution in [0.3, 0.4) is 0 Å². The van der Waals surface area contributed by atoms with Crippen LogP contribution in [-0.2, 0) is 10.0 Å². The Bertz CT molecular complexity index is 346. The second-order valence-electron chi connectivity index (χ2n) is 5.39. The number of piperidine rings is 1. The molecule has 2 heterocycles. The first-order chi connectivity index (χ1) is 7.97. The summed E-state index contributed by atoms with van der Waals surface area (Å²) in [4.78, 5) is 2.31. The Balaban J connectivity index is 1.93. The van der Waals surface area contributed by atoms with Crippen molar-refractivity contribution in [3.63, 3.8) is 0 Å². The number of likely N-dealkylation sites (tertiary alicyclic amines) is 1. The molecule has 0 saturated carbocycles. The third-order valence-electron chi connectivity index (χ3n) is 3.87. The molecule has 0 aromatic heterocycles. The van der Waals surface area contributed by atoms with Crippen molar-refractivity contribution >= 4 is 10.0 Å². The van der Waals surface area contributed by atoms with E-state index < -0.39 is 10.0 Å². The van der Waals surface area contributed by atoms with Gasteiger partial charge in [0.25, 0.3) is 0 Å². The van der Waals surface area contributed by atoms with Crippen molar-refractivity contribution in [2.45, 2.75) is 18.9 Å². The average molecular weight is 261 g/mol. The first-order valence-corrected chi connectivity index (χ1v) is 8.17. The molecule has 17 heavy (non-hydrogen) atoms. The van der Waals surface area contributed by atoms with Gasteiger partial charge in [-0.05, 0) is 38.9 Å². The zero-order chi connectivity index (χ0) is 12.5. The molecule has 0 amide bonds. The van der Waals surface area contributed by atoms with E-state index in [1.165, 1.54) is 6.26 Å². The summed E-state index contributed by atoms with van der Waals surface area (Å²) in [6.07, 6.45) is 3.56. The van der Waals surface area contributed by atoms with E-state index in [0.717, 1.165) is 39.0 Å². The van der Waals surface area contributed by atoms with E-state index >= 15 is 0 Å². The first kappa shape index (κ1) is 13.3. The summed E-state index contributed by atoms with van der Waals surface area (Å²) < 4.78 is 25.3. The summed E-state index contributed by atoms with van der Waals surface area (Å²) in [5.41, 5.74) is 0. The lowest BCUT2D eigenvalue weighted by Crippen LogP contribution is -2.59. The van der Waals surface area contributed by atoms with Gasteiger partial charge in [0, 0.05) is 25.7 Å². The van der Waals surface area contributed by atoms with Gasteiger partial charge in [-0.25, -0.2) is 8.42 Å². The van der Waals surface area contributed by atoms with E-state index in [0.29, 0.717) is 12.5 Å². The van der Waals surface area contributed by atoms with E-state index in [1.54, 1.807) is 4.31 Å². The molecule has 0 atom stereocenters. The summed E-state index contributed by atoms with van der Waals surface area (Å²) >= 11 is 0. The number of nitrogens with one attached hydrogen (secondary N) is 1. The quantitative estimate of drug-likeness (QED) is 0.745. The van der Waals surface area contributed by atoms with Gasteiger partial charge in [-0.2, -0.15) is 4.31 Å². The molecule has 1 N–H and O–H groups in total. The fourth-order valence-electron chi connectivity index (χ4n) is 2.53. The lowest BCUT2D eigenvalue weighted by molar-refractivity contribution is 0.163. The topological polar surface area (TPSA) is 52.6 Å². The summed E-state index contributed by atoms with van der Waals surface area (Å²) in [6.45, 7) is 4.49. The Morgan fingerprint density at radius 1 is 1.29 bits per heavy atom. The van der Waals surface area contributed by atoms with Crippen LogP contribution in [0.5, 0.6) is 0 Å². The standard InChI is InChI=1S/C11H23N3O2S/c1-13-5-3-10(4-6-13)9-14(17(2,15)16)11-7-12-8-11/h10-12H,3-9H2,1-2H3. The van der Waals surface area contributed by atoms with Gasteiger partial charge < -0.3 is 10.2 Å². The molecule has 0 aromatic carbocycles. The molecule has 2 rings (SSSR count). The second kappa shape index (κ2) is 5.22. The van der Waals surface area contributed by atoms with Crippen molar-refractivity contribution in [1.29, 1.82) is 0 Å². The van der Waals surface area contributed by atoms with Crippen LogP contribution in [0.1, 0.15) is 12.8 Å². The highest BCUT2D eigenvalue weighted by molar-refractivity contribution is 7.88. The molecule has 2 aliphatic rings. The normalized spacial score (nSPS) is 25.1. The van der Waals surface area contributed by atoms with Crippen molar-refractivity contribution in [3.8, 4) is 0 Å². The molecule has 100 valence electrons. The average Bonchev–Trinajstić information content (AvgIpc) is 2.16. The molecule has 0 unspecified atom stereocenters. The maximum absolute atomic E-state index is 11.8. The highest BCUT2D eigenvalue weighted by Gasteiger charge is 2.33. The van der Waals surface area contributed by atoms with E-state index in [1.807, 2.05) is 0 Å². The molecule has 0 radical (unpaired) electrons. The molecule has 2 saturated heterocycles. The molecular weight excluding hydrogens is 238 g/mol. The SMILES string of the molecule is CN1CCC(CN(C2CNC2)S(C)(=O)=O)CC1. The van der Waals surface area contributed by atoms with E-state index in [4.69, 9.17) is 0 Å². The fourth-order valence-corrected chi connectivity index (χ4v) is 3.70. The van der Waals surface area contributed by atoms with Crippen molar-refractivity contribution in [3.05, 3.63) is 0 Å². The Kier molecular flexibility index (Phi) is 4.07. The van der Waals surface area contributed by atoms with Gasteiger partial charge in [-0.3, -0.25) is 0 Å².